The highest BCUT2D eigenvalue weighted by molar-refractivity contribution is 7.99. The van der Waals surface area contributed by atoms with Crippen molar-refractivity contribution in [2.45, 2.75) is 17.6 Å². The summed E-state index contributed by atoms with van der Waals surface area (Å²) in [7, 11) is 0. The second-order valence-electron chi connectivity index (χ2n) is 6.77. The lowest BCUT2D eigenvalue weighted by atomic mass is 9.77. The molecule has 1 heterocycles. The van der Waals surface area contributed by atoms with Gasteiger partial charge in [0.15, 0.2) is 0 Å². The first-order chi connectivity index (χ1) is 14.2. The lowest BCUT2D eigenvalue weighted by Gasteiger charge is -2.35. The van der Waals surface area contributed by atoms with Crippen molar-refractivity contribution in [2.24, 2.45) is 0 Å². The molecule has 0 unspecified atom stereocenters. The fourth-order valence-corrected chi connectivity index (χ4v) is 4.18. The number of ketones is 1. The maximum Gasteiger partial charge on any atom is 0.208 e. The molecule has 0 N–H and O–H groups in total. The van der Waals surface area contributed by atoms with E-state index in [1.54, 1.807) is 13.3 Å². The summed E-state index contributed by atoms with van der Waals surface area (Å²) >= 11 is 1.36. The number of carbonyl (C=O) groups is 1. The molecule has 4 nitrogen and oxygen atoms in total. The summed E-state index contributed by atoms with van der Waals surface area (Å²) in [5.41, 5.74) is 2.59. The van der Waals surface area contributed by atoms with Crippen LogP contribution in [0, 0.1) is 0 Å². The van der Waals surface area contributed by atoms with Gasteiger partial charge < -0.3 is 0 Å². The van der Waals surface area contributed by atoms with Crippen LogP contribution < -0.4 is 0 Å². The van der Waals surface area contributed by atoms with Gasteiger partial charge in [-0.15, -0.1) is 5.10 Å². The molecule has 1 aromatic heterocycles. The Bertz CT molecular complexity index is 982. The maximum atomic E-state index is 11.4. The van der Waals surface area contributed by atoms with Crippen LogP contribution in [-0.4, -0.2) is 26.3 Å². The molecule has 3 aromatic carbocycles. The molecule has 0 atom stereocenters. The first-order valence-electron chi connectivity index (χ1n) is 9.42. The van der Waals surface area contributed by atoms with Gasteiger partial charge in [0.1, 0.15) is 17.6 Å². The summed E-state index contributed by atoms with van der Waals surface area (Å²) in [4.78, 5) is 15.9. The Hall–Kier alpha value is -3.18. The van der Waals surface area contributed by atoms with E-state index in [0.29, 0.717) is 10.9 Å². The minimum Gasteiger partial charge on any atom is -0.299 e. The van der Waals surface area contributed by atoms with Crippen LogP contribution in [-0.2, 0) is 10.3 Å². The summed E-state index contributed by atoms with van der Waals surface area (Å²) in [6, 6.07) is 31.0. The molecule has 0 saturated heterocycles. The smallest absolute Gasteiger partial charge is 0.208 e. The highest BCUT2D eigenvalue weighted by Crippen LogP contribution is 2.40. The third kappa shape index (κ3) is 3.74. The molecule has 0 amide bonds. The molecule has 0 bridgehead atoms. The van der Waals surface area contributed by atoms with Crippen molar-refractivity contribution < 1.29 is 4.79 Å². The number of rotatable bonds is 7. The predicted molar refractivity (Wildman–Crippen MR) is 116 cm³/mol. The van der Waals surface area contributed by atoms with E-state index in [1.165, 1.54) is 11.8 Å². The Balaban J connectivity index is 1.97. The average Bonchev–Trinajstić information content (AvgIpc) is 3.24. The molecule has 29 heavy (non-hydrogen) atoms. The Kier molecular flexibility index (Phi) is 5.58. The molecule has 0 aliphatic carbocycles. The van der Waals surface area contributed by atoms with Crippen molar-refractivity contribution in [3.63, 3.8) is 0 Å². The van der Waals surface area contributed by atoms with Crippen molar-refractivity contribution in [2.75, 3.05) is 5.75 Å². The second kappa shape index (κ2) is 8.45. The number of thioether (sulfide) groups is 1. The number of benzene rings is 3. The molecule has 0 aliphatic rings. The zero-order valence-electron chi connectivity index (χ0n) is 16.1. The van der Waals surface area contributed by atoms with Crippen LogP contribution in [0.15, 0.2) is 102 Å². The Morgan fingerprint density at radius 2 is 1.28 bits per heavy atom. The Morgan fingerprint density at radius 1 is 0.828 bits per heavy atom. The zero-order valence-corrected chi connectivity index (χ0v) is 16.9. The molecular formula is C24H21N3OS. The SMILES string of the molecule is CC(=O)CSc1ncn(C(c2ccccc2)(c2ccccc2)c2ccccc2)n1. The lowest BCUT2D eigenvalue weighted by Crippen LogP contribution is -2.38. The molecular weight excluding hydrogens is 378 g/mol. The van der Waals surface area contributed by atoms with Crippen LogP contribution in [0.4, 0.5) is 0 Å². The molecule has 0 fully saturated rings. The number of hydrogen-bond donors (Lipinski definition) is 0. The molecule has 4 aromatic rings. The first kappa shape index (κ1) is 19.2. The maximum absolute atomic E-state index is 11.4. The number of aromatic nitrogens is 3. The van der Waals surface area contributed by atoms with E-state index >= 15 is 0 Å². The number of nitrogens with zero attached hydrogens (tertiary/aromatic N) is 3. The first-order valence-corrected chi connectivity index (χ1v) is 10.4. The van der Waals surface area contributed by atoms with E-state index in [9.17, 15) is 4.79 Å². The fraction of sp³-hybridized carbons (Fsp3) is 0.125. The summed E-state index contributed by atoms with van der Waals surface area (Å²) in [6.45, 7) is 1.58. The van der Waals surface area contributed by atoms with E-state index in [0.717, 1.165) is 16.7 Å². The minimum atomic E-state index is -0.675. The Morgan fingerprint density at radius 3 is 1.69 bits per heavy atom. The second-order valence-corrected chi connectivity index (χ2v) is 7.71. The quantitative estimate of drug-likeness (QED) is 0.331. The van der Waals surface area contributed by atoms with E-state index in [1.807, 2.05) is 59.3 Å². The van der Waals surface area contributed by atoms with Crippen LogP contribution in [0.3, 0.4) is 0 Å². The molecule has 144 valence electrons. The third-order valence-corrected chi connectivity index (χ3v) is 5.79. The molecule has 4 rings (SSSR count). The van der Waals surface area contributed by atoms with Gasteiger partial charge in [-0.1, -0.05) is 103 Å². The van der Waals surface area contributed by atoms with Gasteiger partial charge in [-0.25, -0.2) is 9.67 Å². The summed E-state index contributed by atoms with van der Waals surface area (Å²) in [6.07, 6.45) is 1.76. The van der Waals surface area contributed by atoms with Crippen LogP contribution in [0.2, 0.25) is 0 Å². The lowest BCUT2D eigenvalue weighted by molar-refractivity contribution is -0.114. The highest BCUT2D eigenvalue weighted by Gasteiger charge is 2.39. The fourth-order valence-electron chi connectivity index (χ4n) is 3.58. The van der Waals surface area contributed by atoms with Gasteiger partial charge in [0.05, 0.1) is 5.75 Å². The molecule has 0 aliphatic heterocycles. The van der Waals surface area contributed by atoms with E-state index in [4.69, 9.17) is 5.10 Å². The van der Waals surface area contributed by atoms with Gasteiger partial charge in [0.2, 0.25) is 5.16 Å². The van der Waals surface area contributed by atoms with Crippen LogP contribution >= 0.6 is 11.8 Å². The third-order valence-electron chi connectivity index (χ3n) is 4.79. The van der Waals surface area contributed by atoms with Crippen molar-refractivity contribution in [1.29, 1.82) is 0 Å². The summed E-state index contributed by atoms with van der Waals surface area (Å²) in [5.74, 6) is 0.464. The van der Waals surface area contributed by atoms with Crippen molar-refractivity contribution in [3.05, 3.63) is 114 Å². The monoisotopic (exact) mass is 399 g/mol. The molecule has 0 spiro atoms. The van der Waals surface area contributed by atoms with Gasteiger partial charge in [-0.3, -0.25) is 4.79 Å². The highest BCUT2D eigenvalue weighted by atomic mass is 32.2. The number of hydrogen-bond acceptors (Lipinski definition) is 4. The van der Waals surface area contributed by atoms with Gasteiger partial charge in [0, 0.05) is 0 Å². The van der Waals surface area contributed by atoms with Gasteiger partial charge in [-0.2, -0.15) is 0 Å². The van der Waals surface area contributed by atoms with Crippen LogP contribution in [0.1, 0.15) is 23.6 Å². The van der Waals surface area contributed by atoms with Gasteiger partial charge in [0.25, 0.3) is 0 Å². The van der Waals surface area contributed by atoms with Crippen molar-refractivity contribution in [3.8, 4) is 0 Å². The zero-order chi connectivity index (χ0) is 20.1. The molecule has 5 heteroatoms. The van der Waals surface area contributed by atoms with Gasteiger partial charge in [-0.05, 0) is 23.6 Å². The average molecular weight is 400 g/mol. The van der Waals surface area contributed by atoms with E-state index in [-0.39, 0.29) is 5.78 Å². The largest absolute Gasteiger partial charge is 0.299 e. The standard InChI is InChI=1S/C24H21N3OS/c1-19(28)17-29-23-25-18-27(26-23)24(20-11-5-2-6-12-20,21-13-7-3-8-14-21)22-15-9-4-10-16-22/h2-16,18H,17H2,1H3. The summed E-state index contributed by atoms with van der Waals surface area (Å²) in [5, 5.41) is 5.39. The normalized spacial score (nSPS) is 11.3. The van der Waals surface area contributed by atoms with Crippen LogP contribution in [0.25, 0.3) is 0 Å². The van der Waals surface area contributed by atoms with Crippen molar-refractivity contribution >= 4 is 17.5 Å². The van der Waals surface area contributed by atoms with Crippen molar-refractivity contribution in [1.82, 2.24) is 14.8 Å². The van der Waals surface area contributed by atoms with E-state index < -0.39 is 5.54 Å². The predicted octanol–water partition coefficient (Wildman–Crippen LogP) is 4.80. The topological polar surface area (TPSA) is 47.8 Å². The summed E-state index contributed by atoms with van der Waals surface area (Å²) < 4.78 is 1.91. The number of carbonyl (C=O) groups excluding carboxylic acids is 1. The Labute approximate surface area is 174 Å². The van der Waals surface area contributed by atoms with Crippen LogP contribution in [0.5, 0.6) is 0 Å². The molecule has 0 radical (unpaired) electrons. The minimum absolute atomic E-state index is 0.104. The number of Topliss-reactive ketones (excluding diaryl/α,β-unsaturated/α-hetero) is 1. The van der Waals surface area contributed by atoms with E-state index in [2.05, 4.69) is 41.4 Å². The van der Waals surface area contributed by atoms with Gasteiger partial charge >= 0.3 is 0 Å². The molecule has 0 saturated carbocycles.